The Balaban J connectivity index is 2.33. The smallest absolute Gasteiger partial charge is 0.408 e. The van der Waals surface area contributed by atoms with Crippen molar-refractivity contribution in [2.24, 2.45) is 0 Å². The molecular weight excluding hydrogens is 390 g/mol. The molecule has 1 rings (SSSR count). The van der Waals surface area contributed by atoms with E-state index in [1.54, 1.807) is 65.8 Å². The third-order valence-corrected chi connectivity index (χ3v) is 3.43. The predicted octanol–water partition coefficient (Wildman–Crippen LogP) is 3.56. The molecule has 0 saturated heterocycles. The molecule has 0 aliphatic heterocycles. The lowest BCUT2D eigenvalue weighted by Crippen LogP contribution is -2.35. The number of amides is 1. The molecule has 0 unspecified atom stereocenters. The number of hydrogen-bond acceptors (Lipinski definition) is 7. The van der Waals surface area contributed by atoms with Crippen LogP contribution in [-0.4, -0.2) is 41.6 Å². The van der Waals surface area contributed by atoms with Gasteiger partial charge in [0.05, 0.1) is 18.5 Å². The number of rotatable bonds is 8. The fraction of sp³-hybridized carbons (Fsp3) is 0.545. The van der Waals surface area contributed by atoms with Crippen molar-refractivity contribution >= 4 is 23.8 Å². The number of nitrogens with one attached hydrogen (secondary N) is 1. The van der Waals surface area contributed by atoms with Crippen LogP contribution in [0.5, 0.6) is 0 Å². The summed E-state index contributed by atoms with van der Waals surface area (Å²) in [5.41, 5.74) is -0.121. The van der Waals surface area contributed by atoms with Gasteiger partial charge in [-0.2, -0.15) is 0 Å². The summed E-state index contributed by atoms with van der Waals surface area (Å²) in [6.45, 7) is 10.3. The van der Waals surface area contributed by atoms with Gasteiger partial charge in [-0.25, -0.2) is 9.59 Å². The first-order valence-corrected chi connectivity index (χ1v) is 9.71. The molecule has 0 spiro atoms. The SMILES string of the molecule is CC(C)(C)OC(=O)NCC(=O)CCC(=O)OCc1ccc(C(=O)OC(C)(C)C)cc1. The normalized spacial score (nSPS) is 11.4. The van der Waals surface area contributed by atoms with Gasteiger partial charge in [0, 0.05) is 6.42 Å². The minimum Gasteiger partial charge on any atom is -0.461 e. The topological polar surface area (TPSA) is 108 Å². The second kappa shape index (κ2) is 10.8. The Morgan fingerprint density at radius 2 is 1.40 bits per heavy atom. The third kappa shape index (κ3) is 11.2. The fourth-order valence-electron chi connectivity index (χ4n) is 2.12. The highest BCUT2D eigenvalue weighted by Gasteiger charge is 2.18. The zero-order chi connectivity index (χ0) is 22.9. The summed E-state index contributed by atoms with van der Waals surface area (Å²) >= 11 is 0. The minimum absolute atomic E-state index is 0.0256. The van der Waals surface area contributed by atoms with Crippen molar-refractivity contribution in [1.29, 1.82) is 0 Å². The molecule has 8 heteroatoms. The molecule has 166 valence electrons. The standard InChI is InChI=1S/C22H31NO7/c1-21(2,3)29-19(26)16-9-7-15(8-10-16)14-28-18(25)12-11-17(24)13-23-20(27)30-22(4,5)6/h7-10H,11-14H2,1-6H3,(H,23,27). The second-order valence-electron chi connectivity index (χ2n) is 8.75. The number of ether oxygens (including phenoxy) is 3. The van der Waals surface area contributed by atoms with Gasteiger partial charge in [-0.1, -0.05) is 12.1 Å². The average Bonchev–Trinajstić information content (AvgIpc) is 2.60. The van der Waals surface area contributed by atoms with Gasteiger partial charge >= 0.3 is 18.0 Å². The summed E-state index contributed by atoms with van der Waals surface area (Å²) in [4.78, 5) is 47.1. The first-order chi connectivity index (χ1) is 13.7. The van der Waals surface area contributed by atoms with Crippen molar-refractivity contribution < 1.29 is 33.4 Å². The van der Waals surface area contributed by atoms with Crippen LogP contribution in [0, 0.1) is 0 Å². The molecular formula is C22H31NO7. The van der Waals surface area contributed by atoms with Crippen LogP contribution < -0.4 is 5.32 Å². The molecule has 0 fully saturated rings. The van der Waals surface area contributed by atoms with E-state index in [1.807, 2.05) is 0 Å². The zero-order valence-corrected chi connectivity index (χ0v) is 18.5. The van der Waals surface area contributed by atoms with Crippen molar-refractivity contribution in [2.45, 2.75) is 72.2 Å². The third-order valence-electron chi connectivity index (χ3n) is 3.43. The highest BCUT2D eigenvalue weighted by molar-refractivity contribution is 5.89. The van der Waals surface area contributed by atoms with E-state index in [4.69, 9.17) is 14.2 Å². The van der Waals surface area contributed by atoms with Crippen molar-refractivity contribution in [3.05, 3.63) is 35.4 Å². The quantitative estimate of drug-likeness (QED) is 0.505. The molecule has 0 aromatic heterocycles. The van der Waals surface area contributed by atoms with E-state index in [2.05, 4.69) is 5.32 Å². The largest absolute Gasteiger partial charge is 0.461 e. The van der Waals surface area contributed by atoms with Gasteiger partial charge < -0.3 is 19.5 Å². The van der Waals surface area contributed by atoms with Crippen LogP contribution in [-0.2, 0) is 30.4 Å². The number of Topliss-reactive ketones (excluding diaryl/α,β-unsaturated/α-hetero) is 1. The maximum absolute atomic E-state index is 12.0. The summed E-state index contributed by atoms with van der Waals surface area (Å²) < 4.78 is 15.4. The van der Waals surface area contributed by atoms with E-state index in [0.717, 1.165) is 0 Å². The molecule has 1 aromatic carbocycles. The van der Waals surface area contributed by atoms with Gasteiger partial charge in [0.1, 0.15) is 17.8 Å². The lowest BCUT2D eigenvalue weighted by Gasteiger charge is -2.19. The molecule has 0 bridgehead atoms. The molecule has 0 saturated carbocycles. The summed E-state index contributed by atoms with van der Waals surface area (Å²) in [6, 6.07) is 6.54. The van der Waals surface area contributed by atoms with E-state index < -0.39 is 29.2 Å². The van der Waals surface area contributed by atoms with Gasteiger partial charge in [-0.3, -0.25) is 9.59 Å². The highest BCUT2D eigenvalue weighted by atomic mass is 16.6. The van der Waals surface area contributed by atoms with E-state index in [9.17, 15) is 19.2 Å². The van der Waals surface area contributed by atoms with E-state index in [-0.39, 0.29) is 31.8 Å². The molecule has 0 aliphatic rings. The lowest BCUT2D eigenvalue weighted by atomic mass is 10.1. The molecule has 0 atom stereocenters. The lowest BCUT2D eigenvalue weighted by molar-refractivity contribution is -0.146. The molecule has 8 nitrogen and oxygen atoms in total. The minimum atomic E-state index is -0.687. The van der Waals surface area contributed by atoms with E-state index in [0.29, 0.717) is 11.1 Å². The Bertz CT molecular complexity index is 755. The van der Waals surface area contributed by atoms with Crippen molar-refractivity contribution in [3.63, 3.8) is 0 Å². The van der Waals surface area contributed by atoms with E-state index >= 15 is 0 Å². The molecule has 0 heterocycles. The Labute approximate surface area is 177 Å². The van der Waals surface area contributed by atoms with Crippen LogP contribution in [0.4, 0.5) is 4.79 Å². The van der Waals surface area contributed by atoms with Crippen LogP contribution >= 0.6 is 0 Å². The van der Waals surface area contributed by atoms with Crippen molar-refractivity contribution in [2.75, 3.05) is 6.54 Å². The fourth-order valence-corrected chi connectivity index (χ4v) is 2.12. The molecule has 30 heavy (non-hydrogen) atoms. The molecule has 1 N–H and O–H groups in total. The first kappa shape index (κ1) is 25.1. The predicted molar refractivity (Wildman–Crippen MR) is 110 cm³/mol. The van der Waals surface area contributed by atoms with Crippen LogP contribution in [0.1, 0.15) is 70.3 Å². The number of benzene rings is 1. The molecule has 0 radical (unpaired) electrons. The van der Waals surface area contributed by atoms with Gasteiger partial charge in [0.15, 0.2) is 5.78 Å². The molecule has 1 aromatic rings. The van der Waals surface area contributed by atoms with Gasteiger partial charge in [-0.05, 0) is 59.2 Å². The highest BCUT2D eigenvalue weighted by Crippen LogP contribution is 2.13. The monoisotopic (exact) mass is 421 g/mol. The van der Waals surface area contributed by atoms with Crippen molar-refractivity contribution in [3.8, 4) is 0 Å². The maximum Gasteiger partial charge on any atom is 0.408 e. The number of alkyl carbamates (subject to hydrolysis) is 1. The Hall–Kier alpha value is -2.90. The maximum atomic E-state index is 12.0. The van der Waals surface area contributed by atoms with Crippen LogP contribution in [0.2, 0.25) is 0 Å². The second-order valence-corrected chi connectivity index (χ2v) is 8.75. The van der Waals surface area contributed by atoms with Gasteiger partial charge in [0.2, 0.25) is 0 Å². The first-order valence-electron chi connectivity index (χ1n) is 9.71. The Morgan fingerprint density at radius 3 is 1.93 bits per heavy atom. The summed E-state index contributed by atoms with van der Waals surface area (Å²) in [5, 5.41) is 2.35. The molecule has 0 aliphatic carbocycles. The number of esters is 2. The summed E-state index contributed by atoms with van der Waals surface area (Å²) in [6.07, 6.45) is -0.829. The number of hydrogen-bond donors (Lipinski definition) is 1. The van der Waals surface area contributed by atoms with Crippen molar-refractivity contribution in [1.82, 2.24) is 5.32 Å². The van der Waals surface area contributed by atoms with E-state index in [1.165, 1.54) is 0 Å². The Morgan fingerprint density at radius 1 is 0.833 bits per heavy atom. The average molecular weight is 421 g/mol. The van der Waals surface area contributed by atoms with Crippen LogP contribution in [0.3, 0.4) is 0 Å². The summed E-state index contributed by atoms with van der Waals surface area (Å²) in [7, 11) is 0. The van der Waals surface area contributed by atoms with Crippen LogP contribution in [0.25, 0.3) is 0 Å². The van der Waals surface area contributed by atoms with Crippen LogP contribution in [0.15, 0.2) is 24.3 Å². The zero-order valence-electron chi connectivity index (χ0n) is 18.5. The summed E-state index contributed by atoms with van der Waals surface area (Å²) in [5.74, 6) is -1.26. The number of carbonyl (C=O) groups is 4. The van der Waals surface area contributed by atoms with Gasteiger partial charge in [-0.15, -0.1) is 0 Å². The number of ketones is 1. The number of carbonyl (C=O) groups excluding carboxylic acids is 4. The molecule has 1 amide bonds. The van der Waals surface area contributed by atoms with Gasteiger partial charge in [0.25, 0.3) is 0 Å². The Kier molecular flexibility index (Phi) is 9.01.